The van der Waals surface area contributed by atoms with Crippen LogP contribution in [0.15, 0.2) is 66.7 Å². The Labute approximate surface area is 278 Å². The number of hydrogen-bond acceptors (Lipinski definition) is 4. The van der Waals surface area contributed by atoms with E-state index < -0.39 is 17.3 Å². The number of benzene rings is 3. The number of carbonyl (C=O) groups excluding carboxylic acids is 2. The Bertz CT molecular complexity index is 1820. The lowest BCUT2D eigenvalue weighted by Gasteiger charge is -2.40. The molecule has 0 bridgehead atoms. The SMILES string of the molecule is COc1ccc(NC(=O)C2(N(Cc3ccc(C(F)(F)F)cc3)C(=O)CC3C(c4c(C)[nH]c5ccccc45)C3(C)C)CCCC2)c(OC)c1. The molecule has 0 spiro atoms. The fourth-order valence-electron chi connectivity index (χ4n) is 7.88. The number of para-hydroxylation sites is 1. The lowest BCUT2D eigenvalue weighted by Crippen LogP contribution is -2.57. The highest BCUT2D eigenvalue weighted by Crippen LogP contribution is 2.67. The maximum Gasteiger partial charge on any atom is 0.416 e. The first-order valence-corrected chi connectivity index (χ1v) is 16.4. The van der Waals surface area contributed by atoms with Crippen LogP contribution >= 0.6 is 0 Å². The number of aromatic nitrogens is 1. The third-order valence-corrected chi connectivity index (χ3v) is 10.6. The number of nitrogens with one attached hydrogen (secondary N) is 2. The summed E-state index contributed by atoms with van der Waals surface area (Å²) in [5.41, 5.74) is 2.17. The maximum atomic E-state index is 14.6. The van der Waals surface area contributed by atoms with Gasteiger partial charge >= 0.3 is 6.18 Å². The van der Waals surface area contributed by atoms with Gasteiger partial charge in [-0.25, -0.2) is 0 Å². The van der Waals surface area contributed by atoms with E-state index in [0.717, 1.165) is 41.6 Å². The molecule has 2 saturated carbocycles. The molecule has 2 aliphatic carbocycles. The number of nitrogens with zero attached hydrogens (tertiary/aromatic N) is 1. The highest BCUT2D eigenvalue weighted by Gasteiger charge is 2.61. The predicted molar refractivity (Wildman–Crippen MR) is 179 cm³/mol. The van der Waals surface area contributed by atoms with E-state index in [-0.39, 0.29) is 42.0 Å². The van der Waals surface area contributed by atoms with E-state index >= 15 is 0 Å². The molecule has 2 atom stereocenters. The molecular weight excluding hydrogens is 619 g/mol. The summed E-state index contributed by atoms with van der Waals surface area (Å²) in [6, 6.07) is 18.1. The fourth-order valence-corrected chi connectivity index (χ4v) is 7.88. The van der Waals surface area contributed by atoms with Crippen molar-refractivity contribution in [3.63, 3.8) is 0 Å². The Morgan fingerprint density at radius 2 is 1.67 bits per heavy atom. The molecule has 254 valence electrons. The fraction of sp³-hybridized carbons (Fsp3) is 0.421. The number of amides is 2. The normalized spacial score (nSPS) is 19.6. The summed E-state index contributed by atoms with van der Waals surface area (Å²) in [7, 11) is 3.04. The van der Waals surface area contributed by atoms with E-state index in [2.05, 4.69) is 37.1 Å². The first-order valence-electron chi connectivity index (χ1n) is 16.4. The van der Waals surface area contributed by atoms with Crippen LogP contribution in [0.4, 0.5) is 18.9 Å². The van der Waals surface area contributed by atoms with Gasteiger partial charge < -0.3 is 24.7 Å². The minimum atomic E-state index is -4.48. The number of rotatable bonds is 10. The third-order valence-electron chi connectivity index (χ3n) is 10.6. The number of hydrogen-bond donors (Lipinski definition) is 2. The Morgan fingerprint density at radius 1 is 0.979 bits per heavy atom. The second-order valence-corrected chi connectivity index (χ2v) is 13.8. The molecule has 2 unspecified atom stereocenters. The Hall–Kier alpha value is -4.47. The first-order chi connectivity index (χ1) is 22.8. The smallest absolute Gasteiger partial charge is 0.416 e. The number of alkyl halides is 3. The second kappa shape index (κ2) is 12.5. The van der Waals surface area contributed by atoms with Crippen molar-refractivity contribution in [2.45, 2.75) is 77.1 Å². The van der Waals surface area contributed by atoms with Gasteiger partial charge in [0.2, 0.25) is 11.8 Å². The van der Waals surface area contributed by atoms with Gasteiger partial charge in [-0.15, -0.1) is 0 Å². The summed E-state index contributed by atoms with van der Waals surface area (Å²) in [5, 5.41) is 4.17. The van der Waals surface area contributed by atoms with Gasteiger partial charge in [-0.1, -0.05) is 57.0 Å². The van der Waals surface area contributed by atoms with E-state index in [1.165, 1.54) is 31.9 Å². The van der Waals surface area contributed by atoms with Crippen molar-refractivity contribution in [2.75, 3.05) is 19.5 Å². The zero-order chi connectivity index (χ0) is 34.4. The van der Waals surface area contributed by atoms with Crippen LogP contribution in [0, 0.1) is 18.3 Å². The van der Waals surface area contributed by atoms with Gasteiger partial charge in [-0.3, -0.25) is 9.59 Å². The maximum absolute atomic E-state index is 14.6. The van der Waals surface area contributed by atoms with Crippen molar-refractivity contribution in [1.82, 2.24) is 9.88 Å². The number of fused-ring (bicyclic) bond motifs is 1. The molecule has 4 aromatic rings. The molecule has 2 aliphatic rings. The van der Waals surface area contributed by atoms with Crippen molar-refractivity contribution in [2.24, 2.45) is 11.3 Å². The number of methoxy groups -OCH3 is 2. The monoisotopic (exact) mass is 661 g/mol. The zero-order valence-electron chi connectivity index (χ0n) is 28.0. The topological polar surface area (TPSA) is 83.7 Å². The van der Waals surface area contributed by atoms with Crippen LogP contribution in [0.25, 0.3) is 10.9 Å². The van der Waals surface area contributed by atoms with Gasteiger partial charge in [-0.05, 0) is 78.5 Å². The van der Waals surface area contributed by atoms with Crippen LogP contribution in [-0.4, -0.2) is 41.5 Å². The highest BCUT2D eigenvalue weighted by atomic mass is 19.4. The highest BCUT2D eigenvalue weighted by molar-refractivity contribution is 6.02. The van der Waals surface area contributed by atoms with Crippen LogP contribution in [0.1, 0.15) is 74.3 Å². The van der Waals surface area contributed by atoms with Gasteiger partial charge in [0.1, 0.15) is 17.0 Å². The van der Waals surface area contributed by atoms with Crippen LogP contribution in [0.2, 0.25) is 0 Å². The van der Waals surface area contributed by atoms with Gasteiger partial charge in [0.15, 0.2) is 0 Å². The van der Waals surface area contributed by atoms with Gasteiger partial charge in [-0.2, -0.15) is 13.2 Å². The first kappa shape index (κ1) is 33.4. The van der Waals surface area contributed by atoms with Crippen molar-refractivity contribution in [3.05, 3.63) is 89.1 Å². The minimum absolute atomic E-state index is 0.00800. The summed E-state index contributed by atoms with van der Waals surface area (Å²) in [4.78, 5) is 34.2. The number of H-pyrrole nitrogens is 1. The average Bonchev–Trinajstić information content (AvgIpc) is 3.41. The van der Waals surface area contributed by atoms with Crippen molar-refractivity contribution in [3.8, 4) is 11.5 Å². The number of aromatic amines is 1. The van der Waals surface area contributed by atoms with Crippen LogP contribution in [-0.2, 0) is 22.3 Å². The number of anilines is 1. The molecule has 2 fully saturated rings. The Kier molecular flexibility index (Phi) is 8.72. The van der Waals surface area contributed by atoms with Crippen LogP contribution in [0.3, 0.4) is 0 Å². The minimum Gasteiger partial charge on any atom is -0.497 e. The van der Waals surface area contributed by atoms with Crippen LogP contribution < -0.4 is 14.8 Å². The van der Waals surface area contributed by atoms with Crippen molar-refractivity contribution >= 4 is 28.4 Å². The van der Waals surface area contributed by atoms with E-state index in [0.29, 0.717) is 35.6 Å². The molecule has 2 amide bonds. The Morgan fingerprint density at radius 3 is 2.31 bits per heavy atom. The Balaban J connectivity index is 1.34. The predicted octanol–water partition coefficient (Wildman–Crippen LogP) is 8.62. The molecule has 48 heavy (non-hydrogen) atoms. The number of halogens is 3. The molecule has 0 radical (unpaired) electrons. The molecule has 0 saturated heterocycles. The summed E-state index contributed by atoms with van der Waals surface area (Å²) < 4.78 is 51.0. The summed E-state index contributed by atoms with van der Waals surface area (Å²) in [6.07, 6.45) is -1.94. The second-order valence-electron chi connectivity index (χ2n) is 13.8. The zero-order valence-corrected chi connectivity index (χ0v) is 28.0. The van der Waals surface area contributed by atoms with E-state index in [9.17, 15) is 22.8 Å². The standard InChI is InChI=1S/C38H42F3N3O4/c1-23-33(27-10-6-7-11-29(27)42-23)34-28(36(34,2)3)21-32(45)44(22-24-12-14-25(15-13-24)38(39,40)41)37(18-8-9-19-37)35(46)43-30-17-16-26(47-4)20-31(30)48-5/h6-7,10-17,20,28,34,42H,8-9,18-19,21-22H2,1-5H3,(H,43,46). The molecule has 6 rings (SSSR count). The molecule has 10 heteroatoms. The molecule has 1 aromatic heterocycles. The van der Waals surface area contributed by atoms with Crippen molar-refractivity contribution in [1.29, 1.82) is 0 Å². The summed E-state index contributed by atoms with van der Waals surface area (Å²) in [6.45, 7) is 6.41. The molecular formula is C38H42F3N3O4. The summed E-state index contributed by atoms with van der Waals surface area (Å²) >= 11 is 0. The summed E-state index contributed by atoms with van der Waals surface area (Å²) in [5.74, 6) is 0.581. The van der Waals surface area contributed by atoms with Gasteiger partial charge in [0.05, 0.1) is 25.5 Å². The van der Waals surface area contributed by atoms with Crippen molar-refractivity contribution < 1.29 is 32.2 Å². The van der Waals surface area contributed by atoms with E-state index in [4.69, 9.17) is 9.47 Å². The lowest BCUT2D eigenvalue weighted by atomic mass is 9.91. The average molecular weight is 662 g/mol. The van der Waals surface area contributed by atoms with Gasteiger partial charge in [0, 0.05) is 35.6 Å². The van der Waals surface area contributed by atoms with Gasteiger partial charge in [0.25, 0.3) is 0 Å². The molecule has 0 aliphatic heterocycles. The molecule has 7 nitrogen and oxygen atoms in total. The quantitative estimate of drug-likeness (QED) is 0.178. The van der Waals surface area contributed by atoms with Crippen LogP contribution in [0.5, 0.6) is 11.5 Å². The number of ether oxygens (including phenoxy) is 2. The largest absolute Gasteiger partial charge is 0.497 e. The molecule has 2 N–H and O–H groups in total. The number of aryl methyl sites for hydroxylation is 1. The molecule has 1 heterocycles. The van der Waals surface area contributed by atoms with E-state index in [1.807, 2.05) is 18.2 Å². The molecule has 3 aromatic carbocycles. The number of carbonyl (C=O) groups is 2. The lowest BCUT2D eigenvalue weighted by molar-refractivity contribution is -0.146. The van der Waals surface area contributed by atoms with E-state index in [1.54, 1.807) is 23.1 Å². The third kappa shape index (κ3) is 6.01.